The van der Waals surface area contributed by atoms with Gasteiger partial charge >= 0.3 is 0 Å². The predicted octanol–water partition coefficient (Wildman–Crippen LogP) is 2.29. The largest absolute Gasteiger partial charge is 0.493 e. The molecule has 1 saturated heterocycles. The highest BCUT2D eigenvalue weighted by Gasteiger charge is 2.62. The van der Waals surface area contributed by atoms with Crippen LogP contribution in [0, 0.1) is 11.3 Å². The fraction of sp³-hybridized carbons (Fsp3) is 0.533. The first kappa shape index (κ1) is 32.0. The van der Waals surface area contributed by atoms with Crippen molar-refractivity contribution in [3.05, 3.63) is 42.2 Å². The predicted molar refractivity (Wildman–Crippen MR) is 165 cm³/mol. The smallest absolute Gasteiger partial charge is 0.259 e. The summed E-state index contributed by atoms with van der Waals surface area (Å²) in [5.41, 5.74) is 4.24. The van der Waals surface area contributed by atoms with Crippen LogP contribution >= 0.6 is 11.6 Å². The number of carbonyl (C=O) groups is 3. The maximum Gasteiger partial charge on any atom is 0.259 e. The van der Waals surface area contributed by atoms with Gasteiger partial charge in [0.15, 0.2) is 11.5 Å². The number of rotatable bonds is 10. The highest BCUT2D eigenvalue weighted by atomic mass is 35.5. The number of ether oxygens (including phenoxy) is 2. The molecule has 1 aromatic carbocycles. The normalized spacial score (nSPS) is 25.7. The van der Waals surface area contributed by atoms with Crippen molar-refractivity contribution in [3.8, 4) is 11.5 Å². The summed E-state index contributed by atoms with van der Waals surface area (Å²) in [6.45, 7) is 9.24. The average Bonchev–Trinajstić information content (AvgIpc) is 3.88. The van der Waals surface area contributed by atoms with Crippen LogP contribution in [0.3, 0.4) is 0 Å². The SMILES string of the molecule is C=C[C@@H]1C[C@]1(NC(=O)[C@@H]1C[C@@H](Oc2cc3c(Cl)nccc3cc2OC)CN1C(=O)[C@@H](N)C(C)(C)C)C(=O)NS(=O)(=O)C1CC1. The molecule has 0 bridgehead atoms. The Morgan fingerprint density at radius 1 is 1.25 bits per heavy atom. The van der Waals surface area contributed by atoms with Crippen molar-refractivity contribution >= 4 is 50.1 Å². The number of likely N-dealkylation sites (tertiary alicyclic amines) is 1. The summed E-state index contributed by atoms with van der Waals surface area (Å²) in [5, 5.41) is 3.86. The quantitative estimate of drug-likeness (QED) is 0.259. The minimum Gasteiger partial charge on any atom is -0.493 e. The Bertz CT molecular complexity index is 1620. The monoisotopic (exact) mass is 647 g/mol. The molecule has 2 aromatic rings. The number of fused-ring (bicyclic) bond motifs is 1. The summed E-state index contributed by atoms with van der Waals surface area (Å²) in [6, 6.07) is 3.26. The summed E-state index contributed by atoms with van der Waals surface area (Å²) in [7, 11) is -2.35. The van der Waals surface area contributed by atoms with Gasteiger partial charge in [-0.1, -0.05) is 38.4 Å². The molecule has 5 atom stereocenters. The maximum absolute atomic E-state index is 13.9. The lowest BCUT2D eigenvalue weighted by molar-refractivity contribution is -0.142. The van der Waals surface area contributed by atoms with E-state index in [4.69, 9.17) is 26.8 Å². The third kappa shape index (κ3) is 6.09. The van der Waals surface area contributed by atoms with Gasteiger partial charge < -0.3 is 25.4 Å². The van der Waals surface area contributed by atoms with Gasteiger partial charge in [0.2, 0.25) is 21.8 Å². The average molecular weight is 648 g/mol. The van der Waals surface area contributed by atoms with Crippen LogP contribution in [0.2, 0.25) is 5.15 Å². The molecular weight excluding hydrogens is 610 g/mol. The van der Waals surface area contributed by atoms with Crippen LogP contribution in [0.25, 0.3) is 10.8 Å². The van der Waals surface area contributed by atoms with Crippen LogP contribution in [0.4, 0.5) is 0 Å². The van der Waals surface area contributed by atoms with Gasteiger partial charge in [-0.2, -0.15) is 0 Å². The van der Waals surface area contributed by atoms with Crippen molar-refractivity contribution in [2.45, 2.75) is 75.4 Å². The third-order valence-electron chi connectivity index (χ3n) is 8.59. The Morgan fingerprint density at radius 3 is 2.55 bits per heavy atom. The molecule has 0 unspecified atom stereocenters. The van der Waals surface area contributed by atoms with Crippen LogP contribution in [-0.2, 0) is 24.4 Å². The molecule has 238 valence electrons. The van der Waals surface area contributed by atoms with E-state index in [1.165, 1.54) is 18.1 Å². The summed E-state index contributed by atoms with van der Waals surface area (Å²) in [6.07, 6.45) is 3.65. The molecule has 4 N–H and O–H groups in total. The van der Waals surface area contributed by atoms with Crippen LogP contribution in [0.15, 0.2) is 37.1 Å². The molecule has 2 aliphatic carbocycles. The molecule has 44 heavy (non-hydrogen) atoms. The lowest BCUT2D eigenvalue weighted by atomic mass is 9.86. The van der Waals surface area contributed by atoms with Gasteiger partial charge in [0.05, 0.1) is 24.9 Å². The number of halogens is 1. The number of nitrogens with two attached hydrogens (primary N) is 1. The van der Waals surface area contributed by atoms with E-state index in [0.717, 1.165) is 5.39 Å². The molecule has 1 aliphatic heterocycles. The highest BCUT2D eigenvalue weighted by Crippen LogP contribution is 2.46. The second-order valence-electron chi connectivity index (χ2n) is 12.8. The van der Waals surface area contributed by atoms with Gasteiger partial charge in [0, 0.05) is 23.9 Å². The summed E-state index contributed by atoms with van der Waals surface area (Å²) in [4.78, 5) is 46.3. The maximum atomic E-state index is 13.9. The second kappa shape index (κ2) is 11.5. The number of nitrogens with one attached hydrogen (secondary N) is 2. The molecule has 14 heteroatoms. The Labute approximate surface area is 261 Å². The van der Waals surface area contributed by atoms with Gasteiger partial charge in [-0.15, -0.1) is 6.58 Å². The van der Waals surface area contributed by atoms with E-state index in [1.807, 2.05) is 20.8 Å². The van der Waals surface area contributed by atoms with E-state index in [-0.39, 0.29) is 24.5 Å². The van der Waals surface area contributed by atoms with E-state index >= 15 is 0 Å². The number of nitrogens with zero attached hydrogens (tertiary/aromatic N) is 2. The molecule has 2 saturated carbocycles. The topological polar surface area (TPSA) is 170 Å². The molecule has 0 radical (unpaired) electrons. The van der Waals surface area contributed by atoms with E-state index in [2.05, 4.69) is 21.6 Å². The molecule has 12 nitrogen and oxygen atoms in total. The zero-order valence-corrected chi connectivity index (χ0v) is 26.7. The number of hydrogen-bond donors (Lipinski definition) is 3. The molecule has 3 aliphatic rings. The number of carbonyl (C=O) groups excluding carboxylic acids is 3. The van der Waals surface area contributed by atoms with Crippen LogP contribution in [-0.4, -0.2) is 78.7 Å². The Morgan fingerprint density at radius 2 is 1.95 bits per heavy atom. The summed E-state index contributed by atoms with van der Waals surface area (Å²) >= 11 is 6.32. The minimum atomic E-state index is -3.85. The number of benzene rings is 1. The number of pyridine rings is 1. The lowest BCUT2D eigenvalue weighted by Gasteiger charge is -2.33. The fourth-order valence-corrected chi connectivity index (χ4v) is 7.10. The van der Waals surface area contributed by atoms with E-state index in [1.54, 1.807) is 24.4 Å². The first-order valence-electron chi connectivity index (χ1n) is 14.5. The standard InChI is InChI=1S/C30H38ClN5O7S/c1-6-17-14-30(17,28(39)35-44(40,41)19-7-8-19)34-26(37)21-12-18(15-36(21)27(38)24(32)29(2,3)4)43-23-13-20-16(11-22(23)42-5)9-10-33-25(20)31/h6,9-11,13,17-19,21,24H,1,7-8,12,14-15,32H2,2-5H3,(H,34,37)(H,35,39)/t17-,18-,21+,24-,30-/m1/s1. The van der Waals surface area contributed by atoms with Crippen molar-refractivity contribution < 1.29 is 32.3 Å². The number of amides is 3. The lowest BCUT2D eigenvalue weighted by Crippen LogP contribution is -2.59. The molecule has 0 spiro atoms. The Kier molecular flexibility index (Phi) is 8.36. The zero-order chi connectivity index (χ0) is 32.2. The number of methoxy groups -OCH3 is 1. The summed E-state index contributed by atoms with van der Waals surface area (Å²) < 4.78 is 39.1. The van der Waals surface area contributed by atoms with Crippen molar-refractivity contribution in [1.29, 1.82) is 0 Å². The van der Waals surface area contributed by atoms with E-state index in [0.29, 0.717) is 29.7 Å². The molecule has 5 rings (SSSR count). The van der Waals surface area contributed by atoms with Gasteiger partial charge in [0.25, 0.3) is 5.91 Å². The van der Waals surface area contributed by atoms with Crippen molar-refractivity contribution in [2.75, 3.05) is 13.7 Å². The molecule has 2 heterocycles. The Hall–Kier alpha value is -3.42. The van der Waals surface area contributed by atoms with Gasteiger partial charge in [-0.05, 0) is 48.3 Å². The van der Waals surface area contributed by atoms with Gasteiger partial charge in [-0.25, -0.2) is 13.4 Å². The number of sulfonamides is 1. The third-order valence-corrected chi connectivity index (χ3v) is 10.7. The van der Waals surface area contributed by atoms with Gasteiger partial charge in [-0.3, -0.25) is 19.1 Å². The minimum absolute atomic E-state index is 0.0306. The second-order valence-corrected chi connectivity index (χ2v) is 15.2. The van der Waals surface area contributed by atoms with Crippen LogP contribution in [0.1, 0.15) is 46.5 Å². The van der Waals surface area contributed by atoms with Crippen LogP contribution < -0.4 is 25.2 Å². The highest BCUT2D eigenvalue weighted by molar-refractivity contribution is 7.91. The molecule has 3 amide bonds. The molecule has 3 fully saturated rings. The van der Waals surface area contributed by atoms with Crippen molar-refractivity contribution in [1.82, 2.24) is 19.9 Å². The first-order valence-corrected chi connectivity index (χ1v) is 16.4. The number of aromatic nitrogens is 1. The first-order chi connectivity index (χ1) is 20.6. The van der Waals surface area contributed by atoms with E-state index < -0.39 is 68.1 Å². The van der Waals surface area contributed by atoms with Gasteiger partial charge in [0.1, 0.15) is 22.8 Å². The Balaban J connectivity index is 1.41. The van der Waals surface area contributed by atoms with E-state index in [9.17, 15) is 22.8 Å². The fourth-order valence-electron chi connectivity index (χ4n) is 5.52. The molecular formula is C30H38ClN5O7S. The van der Waals surface area contributed by atoms with Crippen LogP contribution in [0.5, 0.6) is 11.5 Å². The zero-order valence-electron chi connectivity index (χ0n) is 25.1. The molecule has 1 aromatic heterocycles. The van der Waals surface area contributed by atoms with Crippen molar-refractivity contribution in [3.63, 3.8) is 0 Å². The number of hydrogen-bond acceptors (Lipinski definition) is 9. The van der Waals surface area contributed by atoms with Crippen molar-refractivity contribution in [2.24, 2.45) is 17.1 Å². The summed E-state index contributed by atoms with van der Waals surface area (Å²) in [5.74, 6) is -1.58.